The standard InChI is InChI=1S/C10H11N2O2S2/c1-12(15)8(10(13)14-2)6-7(11)9-4-3-5-16-9/h3-6,11H,1-2H3/q-1/b8-6-,11-7?. The summed E-state index contributed by atoms with van der Waals surface area (Å²) < 4.78 is 5.80. The van der Waals surface area contributed by atoms with Gasteiger partial charge >= 0.3 is 5.97 Å². The average molecular weight is 255 g/mol. The van der Waals surface area contributed by atoms with E-state index in [0.29, 0.717) is 0 Å². The number of esters is 1. The molecule has 1 rings (SSSR count). The fraction of sp³-hybridized carbons (Fsp3) is 0.200. The minimum atomic E-state index is -0.543. The third-order valence-electron chi connectivity index (χ3n) is 1.80. The molecule has 0 amide bonds. The average Bonchev–Trinajstić information content (AvgIpc) is 2.77. The van der Waals surface area contributed by atoms with Gasteiger partial charge in [0, 0.05) is 0 Å². The summed E-state index contributed by atoms with van der Waals surface area (Å²) in [5.74, 6) is -0.543. The van der Waals surface area contributed by atoms with Crippen LogP contribution in [0.5, 0.6) is 0 Å². The lowest BCUT2D eigenvalue weighted by Gasteiger charge is -2.27. The third-order valence-corrected chi connectivity index (χ3v) is 2.90. The number of ether oxygens (including phenoxy) is 1. The fourth-order valence-corrected chi connectivity index (χ4v) is 1.80. The molecule has 0 aliphatic rings. The normalized spacial score (nSPS) is 11.1. The molecule has 0 bridgehead atoms. The third kappa shape index (κ3) is 3.11. The van der Waals surface area contributed by atoms with Crippen LogP contribution in [-0.4, -0.2) is 30.1 Å². The van der Waals surface area contributed by atoms with E-state index in [1.807, 2.05) is 17.5 Å². The molecule has 0 fully saturated rings. The monoisotopic (exact) mass is 255 g/mol. The zero-order valence-electron chi connectivity index (χ0n) is 8.89. The molecule has 0 aliphatic heterocycles. The molecule has 0 atom stereocenters. The minimum absolute atomic E-state index is 0.177. The number of nitrogens with one attached hydrogen (secondary N) is 1. The zero-order chi connectivity index (χ0) is 12.1. The van der Waals surface area contributed by atoms with Crippen LogP contribution in [-0.2, 0) is 22.3 Å². The first kappa shape index (κ1) is 12.8. The van der Waals surface area contributed by atoms with Crippen LogP contribution in [0.2, 0.25) is 0 Å². The molecule has 0 unspecified atom stereocenters. The largest absolute Gasteiger partial charge is 0.667 e. The van der Waals surface area contributed by atoms with Gasteiger partial charge in [-0.2, -0.15) is 0 Å². The maximum atomic E-state index is 11.4. The number of allylic oxidation sites excluding steroid dienone is 1. The highest BCUT2D eigenvalue weighted by Gasteiger charge is 2.10. The number of rotatable bonds is 4. The molecule has 86 valence electrons. The molecule has 1 heterocycles. The molecule has 0 spiro atoms. The second-order valence-electron chi connectivity index (χ2n) is 2.91. The Morgan fingerprint density at radius 3 is 2.81 bits per heavy atom. The molecule has 4 nitrogen and oxygen atoms in total. The molecular weight excluding hydrogens is 244 g/mol. The Hall–Kier alpha value is -1.27. The summed E-state index contributed by atoms with van der Waals surface area (Å²) >= 11 is 6.29. The van der Waals surface area contributed by atoms with Crippen molar-refractivity contribution in [2.24, 2.45) is 0 Å². The van der Waals surface area contributed by atoms with Crippen LogP contribution in [0.25, 0.3) is 0 Å². The second kappa shape index (κ2) is 5.72. The zero-order valence-corrected chi connectivity index (χ0v) is 10.5. The van der Waals surface area contributed by atoms with Gasteiger partial charge in [-0.3, -0.25) is 5.41 Å². The number of carbonyl (C=O) groups excluding carboxylic acids is 1. The van der Waals surface area contributed by atoms with E-state index in [1.165, 1.54) is 28.8 Å². The number of hydrogen-bond acceptors (Lipinski definition) is 6. The lowest BCUT2D eigenvalue weighted by atomic mass is 10.2. The van der Waals surface area contributed by atoms with Gasteiger partial charge in [-0.1, -0.05) is 6.07 Å². The van der Waals surface area contributed by atoms with E-state index in [9.17, 15) is 4.79 Å². The highest BCUT2D eigenvalue weighted by atomic mass is 32.1. The van der Waals surface area contributed by atoms with Gasteiger partial charge in [0.2, 0.25) is 0 Å². The van der Waals surface area contributed by atoms with Crippen LogP contribution in [0.4, 0.5) is 0 Å². The van der Waals surface area contributed by atoms with Crippen molar-refractivity contribution in [3.05, 3.63) is 34.2 Å². The van der Waals surface area contributed by atoms with Gasteiger partial charge in [0.25, 0.3) is 0 Å². The van der Waals surface area contributed by atoms with Crippen LogP contribution in [0.15, 0.2) is 29.3 Å². The number of likely N-dealkylation sites (N-methyl/N-ethyl adjacent to an activating group) is 1. The summed E-state index contributed by atoms with van der Waals surface area (Å²) in [6, 6.07) is 3.65. The second-order valence-corrected chi connectivity index (χ2v) is 4.41. The maximum absolute atomic E-state index is 11.4. The molecule has 1 N–H and O–H groups in total. The first-order valence-corrected chi connectivity index (χ1v) is 5.64. The fourth-order valence-electron chi connectivity index (χ4n) is 1.02. The molecule has 0 radical (unpaired) electrons. The van der Waals surface area contributed by atoms with Gasteiger partial charge in [0.15, 0.2) is 0 Å². The number of hydrogen-bond donors (Lipinski definition) is 1. The Balaban J connectivity index is 2.95. The summed E-state index contributed by atoms with van der Waals surface area (Å²) in [7, 11) is 2.84. The van der Waals surface area contributed by atoms with Crippen LogP contribution < -0.4 is 0 Å². The summed E-state index contributed by atoms with van der Waals surface area (Å²) in [5.41, 5.74) is 0.419. The number of carbonyl (C=O) groups is 1. The Kier molecular flexibility index (Phi) is 4.57. The van der Waals surface area contributed by atoms with E-state index in [0.717, 1.165) is 4.88 Å². The van der Waals surface area contributed by atoms with E-state index in [2.05, 4.69) is 4.74 Å². The molecule has 0 aliphatic carbocycles. The molecule has 0 saturated carbocycles. The smallest absolute Gasteiger partial charge is 0.352 e. The van der Waals surface area contributed by atoms with Crippen molar-refractivity contribution in [3.8, 4) is 0 Å². The number of nitrogens with zero attached hydrogens (tertiary/aromatic N) is 1. The minimum Gasteiger partial charge on any atom is -0.667 e. The molecule has 1 aromatic rings. The molecule has 6 heteroatoms. The predicted molar refractivity (Wildman–Crippen MR) is 66.4 cm³/mol. The maximum Gasteiger partial charge on any atom is 0.352 e. The van der Waals surface area contributed by atoms with Crippen molar-refractivity contribution in [3.63, 3.8) is 0 Å². The Bertz CT molecular complexity index is 410. The van der Waals surface area contributed by atoms with Crippen LogP contribution in [0.3, 0.4) is 0 Å². The van der Waals surface area contributed by atoms with Crippen molar-refractivity contribution >= 4 is 35.8 Å². The van der Waals surface area contributed by atoms with E-state index in [1.54, 1.807) is 7.05 Å². The number of methoxy groups -OCH3 is 1. The molecular formula is C10H11N2O2S2-. The van der Waals surface area contributed by atoms with Gasteiger partial charge in [-0.05, 0) is 24.6 Å². The number of thiophene rings is 1. The highest BCUT2D eigenvalue weighted by molar-refractivity contribution is 7.56. The molecule has 0 aromatic carbocycles. The Morgan fingerprint density at radius 1 is 1.69 bits per heavy atom. The van der Waals surface area contributed by atoms with Crippen molar-refractivity contribution in [1.29, 1.82) is 5.41 Å². The van der Waals surface area contributed by atoms with Crippen molar-refractivity contribution in [2.45, 2.75) is 0 Å². The SMILES string of the molecule is COC(=O)/C(=C/C(=N)c1cccs1)N(C)[S-]. The van der Waals surface area contributed by atoms with E-state index < -0.39 is 5.97 Å². The summed E-state index contributed by atoms with van der Waals surface area (Å²) in [6.07, 6.45) is 1.41. The van der Waals surface area contributed by atoms with Gasteiger partial charge in [-0.15, -0.1) is 11.3 Å². The Labute approximate surface area is 104 Å². The van der Waals surface area contributed by atoms with Gasteiger partial charge in [-0.25, -0.2) is 4.79 Å². The van der Waals surface area contributed by atoms with Gasteiger partial charge < -0.3 is 21.9 Å². The molecule has 16 heavy (non-hydrogen) atoms. The Morgan fingerprint density at radius 2 is 2.38 bits per heavy atom. The van der Waals surface area contributed by atoms with Gasteiger partial charge in [0.1, 0.15) is 5.70 Å². The van der Waals surface area contributed by atoms with Crippen molar-refractivity contribution in [2.75, 3.05) is 14.2 Å². The van der Waals surface area contributed by atoms with Crippen LogP contribution in [0.1, 0.15) is 4.88 Å². The van der Waals surface area contributed by atoms with E-state index in [4.69, 9.17) is 18.2 Å². The van der Waals surface area contributed by atoms with E-state index >= 15 is 0 Å². The first-order valence-electron chi connectivity index (χ1n) is 4.39. The van der Waals surface area contributed by atoms with Crippen LogP contribution in [0, 0.1) is 5.41 Å². The topological polar surface area (TPSA) is 53.4 Å². The first-order chi connectivity index (χ1) is 7.56. The lowest BCUT2D eigenvalue weighted by Crippen LogP contribution is -2.20. The summed E-state index contributed by atoms with van der Waals surface area (Å²) in [5, 5.41) is 9.66. The quantitative estimate of drug-likeness (QED) is 0.384. The predicted octanol–water partition coefficient (Wildman–Crippen LogP) is 1.57. The highest BCUT2D eigenvalue weighted by Crippen LogP contribution is 2.12. The van der Waals surface area contributed by atoms with Crippen molar-refractivity contribution in [1.82, 2.24) is 4.31 Å². The van der Waals surface area contributed by atoms with Gasteiger partial charge in [0.05, 0.1) is 17.7 Å². The van der Waals surface area contributed by atoms with E-state index in [-0.39, 0.29) is 11.4 Å². The van der Waals surface area contributed by atoms with Crippen molar-refractivity contribution < 1.29 is 9.53 Å². The summed E-state index contributed by atoms with van der Waals surface area (Å²) in [6.45, 7) is 0. The van der Waals surface area contributed by atoms with Crippen LogP contribution >= 0.6 is 11.3 Å². The summed E-state index contributed by atoms with van der Waals surface area (Å²) in [4.78, 5) is 12.1. The lowest BCUT2D eigenvalue weighted by molar-refractivity contribution is -0.137. The molecule has 1 aromatic heterocycles. The molecule has 0 saturated heterocycles.